The van der Waals surface area contributed by atoms with E-state index in [0.717, 1.165) is 6.42 Å². The standard InChI is InChI=1S/C17H27NO2/c1-5-7-8-13(6-2)16(18(3)4)14-9-11-15(12-10-14)17(19)20/h9-13,16H,5-8H2,1-4H3,(H,19,20). The van der Waals surface area contributed by atoms with E-state index in [1.165, 1.54) is 24.8 Å². The van der Waals surface area contributed by atoms with Gasteiger partial charge in [-0.15, -0.1) is 0 Å². The number of unbranched alkanes of at least 4 members (excludes halogenated alkanes) is 1. The second-order valence-corrected chi connectivity index (χ2v) is 5.65. The Hall–Kier alpha value is -1.35. The number of carboxylic acids is 1. The zero-order chi connectivity index (χ0) is 15.1. The number of aromatic carboxylic acids is 1. The van der Waals surface area contributed by atoms with Gasteiger partial charge in [0, 0.05) is 6.04 Å². The molecule has 0 aliphatic carbocycles. The summed E-state index contributed by atoms with van der Waals surface area (Å²) >= 11 is 0. The Morgan fingerprint density at radius 2 is 1.80 bits per heavy atom. The highest BCUT2D eigenvalue weighted by Crippen LogP contribution is 2.32. The van der Waals surface area contributed by atoms with Gasteiger partial charge in [-0.3, -0.25) is 0 Å². The number of hydrogen-bond donors (Lipinski definition) is 1. The molecule has 1 rings (SSSR count). The van der Waals surface area contributed by atoms with E-state index < -0.39 is 5.97 Å². The van der Waals surface area contributed by atoms with Gasteiger partial charge in [0.05, 0.1) is 5.56 Å². The van der Waals surface area contributed by atoms with Crippen LogP contribution in [0.15, 0.2) is 24.3 Å². The first-order valence-electron chi connectivity index (χ1n) is 7.50. The third-order valence-electron chi connectivity index (χ3n) is 3.95. The molecule has 0 aliphatic heterocycles. The number of carboxylic acid groups (broad SMARTS) is 1. The number of nitrogens with zero attached hydrogens (tertiary/aromatic N) is 1. The molecule has 3 heteroatoms. The lowest BCUT2D eigenvalue weighted by molar-refractivity contribution is 0.0697. The van der Waals surface area contributed by atoms with Gasteiger partial charge in [0.25, 0.3) is 0 Å². The van der Waals surface area contributed by atoms with Gasteiger partial charge in [0.15, 0.2) is 0 Å². The molecule has 0 aliphatic rings. The molecular weight excluding hydrogens is 250 g/mol. The first-order chi connectivity index (χ1) is 9.51. The lowest BCUT2D eigenvalue weighted by Gasteiger charge is -2.32. The average Bonchev–Trinajstić information content (AvgIpc) is 2.43. The molecule has 112 valence electrons. The Morgan fingerprint density at radius 3 is 2.20 bits per heavy atom. The third-order valence-corrected chi connectivity index (χ3v) is 3.95. The molecule has 1 aromatic carbocycles. The Bertz CT molecular complexity index is 412. The van der Waals surface area contributed by atoms with Crippen LogP contribution in [0.25, 0.3) is 0 Å². The van der Waals surface area contributed by atoms with Gasteiger partial charge in [-0.2, -0.15) is 0 Å². The third kappa shape index (κ3) is 4.34. The lowest BCUT2D eigenvalue weighted by atomic mass is 9.86. The van der Waals surface area contributed by atoms with Crippen LogP contribution < -0.4 is 0 Å². The number of hydrogen-bond acceptors (Lipinski definition) is 2. The first-order valence-corrected chi connectivity index (χ1v) is 7.50. The molecule has 1 aromatic rings. The summed E-state index contributed by atoms with van der Waals surface area (Å²) in [5.74, 6) is -0.253. The lowest BCUT2D eigenvalue weighted by Crippen LogP contribution is -2.27. The van der Waals surface area contributed by atoms with Crippen molar-refractivity contribution in [3.8, 4) is 0 Å². The van der Waals surface area contributed by atoms with Gasteiger partial charge in [0.2, 0.25) is 0 Å². The quantitative estimate of drug-likeness (QED) is 0.774. The van der Waals surface area contributed by atoms with Crippen molar-refractivity contribution in [1.29, 1.82) is 0 Å². The maximum absolute atomic E-state index is 10.9. The number of benzene rings is 1. The van der Waals surface area contributed by atoms with E-state index >= 15 is 0 Å². The predicted octanol–water partition coefficient (Wildman–Crippen LogP) is 4.20. The second-order valence-electron chi connectivity index (χ2n) is 5.65. The molecule has 1 N–H and O–H groups in total. The Labute approximate surface area is 122 Å². The highest BCUT2D eigenvalue weighted by atomic mass is 16.4. The van der Waals surface area contributed by atoms with Crippen LogP contribution in [0.3, 0.4) is 0 Å². The molecule has 20 heavy (non-hydrogen) atoms. The molecule has 0 fully saturated rings. The van der Waals surface area contributed by atoms with E-state index in [4.69, 9.17) is 5.11 Å². The van der Waals surface area contributed by atoms with Gasteiger partial charge in [-0.05, 0) is 44.1 Å². The Balaban J connectivity index is 2.96. The summed E-state index contributed by atoms with van der Waals surface area (Å²) in [5.41, 5.74) is 1.57. The van der Waals surface area contributed by atoms with Crippen LogP contribution in [-0.2, 0) is 0 Å². The minimum Gasteiger partial charge on any atom is -0.478 e. The van der Waals surface area contributed by atoms with Crippen LogP contribution in [-0.4, -0.2) is 30.1 Å². The maximum Gasteiger partial charge on any atom is 0.335 e. The fraction of sp³-hybridized carbons (Fsp3) is 0.588. The second kappa shape index (κ2) is 8.05. The van der Waals surface area contributed by atoms with Crippen molar-refractivity contribution in [1.82, 2.24) is 4.90 Å². The van der Waals surface area contributed by atoms with Crippen molar-refractivity contribution in [2.45, 2.75) is 45.6 Å². The van der Waals surface area contributed by atoms with E-state index in [0.29, 0.717) is 17.5 Å². The van der Waals surface area contributed by atoms with Crippen molar-refractivity contribution < 1.29 is 9.90 Å². The molecule has 0 saturated heterocycles. The molecule has 0 spiro atoms. The van der Waals surface area contributed by atoms with Crippen molar-refractivity contribution in [2.24, 2.45) is 5.92 Å². The topological polar surface area (TPSA) is 40.5 Å². The van der Waals surface area contributed by atoms with E-state index in [2.05, 4.69) is 32.8 Å². The van der Waals surface area contributed by atoms with Crippen LogP contribution in [0.5, 0.6) is 0 Å². The maximum atomic E-state index is 10.9. The zero-order valence-electron chi connectivity index (χ0n) is 13.1. The minimum atomic E-state index is -0.865. The molecular formula is C17H27NO2. The molecule has 2 unspecified atom stereocenters. The van der Waals surface area contributed by atoms with Gasteiger partial charge in [-0.1, -0.05) is 45.2 Å². The number of carbonyl (C=O) groups is 1. The predicted molar refractivity (Wildman–Crippen MR) is 83.1 cm³/mol. The summed E-state index contributed by atoms with van der Waals surface area (Å²) in [6.07, 6.45) is 4.82. The van der Waals surface area contributed by atoms with Gasteiger partial charge >= 0.3 is 5.97 Å². The molecule has 0 aromatic heterocycles. The summed E-state index contributed by atoms with van der Waals surface area (Å²) in [7, 11) is 4.20. The number of rotatable bonds is 8. The normalized spacial score (nSPS) is 14.2. The Kier molecular flexibility index (Phi) is 6.73. The monoisotopic (exact) mass is 277 g/mol. The highest BCUT2D eigenvalue weighted by Gasteiger charge is 2.23. The van der Waals surface area contributed by atoms with Crippen LogP contribution in [0.2, 0.25) is 0 Å². The largest absolute Gasteiger partial charge is 0.478 e. The molecule has 0 heterocycles. The SMILES string of the molecule is CCCCC(CC)C(c1ccc(C(=O)O)cc1)N(C)C. The fourth-order valence-electron chi connectivity index (χ4n) is 2.87. The highest BCUT2D eigenvalue weighted by molar-refractivity contribution is 5.87. The summed E-state index contributed by atoms with van der Waals surface area (Å²) in [5, 5.41) is 8.98. The van der Waals surface area contributed by atoms with Gasteiger partial charge < -0.3 is 10.0 Å². The van der Waals surface area contributed by atoms with Crippen molar-refractivity contribution in [3.63, 3.8) is 0 Å². The molecule has 2 atom stereocenters. The average molecular weight is 277 g/mol. The fourth-order valence-corrected chi connectivity index (χ4v) is 2.87. The minimum absolute atomic E-state index is 0.355. The molecule has 0 saturated carbocycles. The summed E-state index contributed by atoms with van der Waals surface area (Å²) < 4.78 is 0. The summed E-state index contributed by atoms with van der Waals surface area (Å²) in [4.78, 5) is 13.2. The molecule has 0 amide bonds. The first kappa shape index (κ1) is 16.7. The summed E-state index contributed by atoms with van der Waals surface area (Å²) in [6, 6.07) is 7.70. The van der Waals surface area contributed by atoms with Gasteiger partial charge in [0.1, 0.15) is 0 Å². The van der Waals surface area contributed by atoms with Crippen LogP contribution in [0.1, 0.15) is 61.5 Å². The summed E-state index contributed by atoms with van der Waals surface area (Å²) in [6.45, 7) is 4.46. The Morgan fingerprint density at radius 1 is 1.20 bits per heavy atom. The van der Waals surface area contributed by atoms with Crippen LogP contribution in [0, 0.1) is 5.92 Å². The smallest absolute Gasteiger partial charge is 0.335 e. The van der Waals surface area contributed by atoms with Gasteiger partial charge in [-0.25, -0.2) is 4.79 Å². The van der Waals surface area contributed by atoms with Crippen molar-refractivity contribution >= 4 is 5.97 Å². The van der Waals surface area contributed by atoms with Crippen molar-refractivity contribution in [2.75, 3.05) is 14.1 Å². The zero-order valence-corrected chi connectivity index (χ0v) is 13.1. The molecule has 3 nitrogen and oxygen atoms in total. The molecule has 0 bridgehead atoms. The molecule has 0 radical (unpaired) electrons. The van der Waals surface area contributed by atoms with Crippen LogP contribution in [0.4, 0.5) is 0 Å². The van der Waals surface area contributed by atoms with Crippen LogP contribution >= 0.6 is 0 Å². The van der Waals surface area contributed by atoms with E-state index in [-0.39, 0.29) is 0 Å². The van der Waals surface area contributed by atoms with E-state index in [9.17, 15) is 4.79 Å². The van der Waals surface area contributed by atoms with E-state index in [1.54, 1.807) is 12.1 Å². The van der Waals surface area contributed by atoms with Crippen molar-refractivity contribution in [3.05, 3.63) is 35.4 Å². The van der Waals surface area contributed by atoms with E-state index in [1.807, 2.05) is 12.1 Å².